The highest BCUT2D eigenvalue weighted by molar-refractivity contribution is 7.99. The topological polar surface area (TPSA) is 3.24 Å². The van der Waals surface area contributed by atoms with Crippen molar-refractivity contribution in [3.8, 4) is 11.1 Å². The first-order valence-electron chi connectivity index (χ1n) is 19.0. The van der Waals surface area contributed by atoms with Crippen LogP contribution in [0.5, 0.6) is 0 Å². The summed E-state index contributed by atoms with van der Waals surface area (Å²) in [4.78, 5) is 4.00. The zero-order chi connectivity index (χ0) is 35.9. The molecule has 53 heavy (non-hydrogen) atoms. The Kier molecular flexibility index (Phi) is 8.80. The fourth-order valence-corrected chi connectivity index (χ4v) is 10.1. The van der Waals surface area contributed by atoms with Gasteiger partial charge in [0.05, 0.1) is 6.04 Å². The summed E-state index contributed by atoms with van der Waals surface area (Å²) in [6.45, 7) is 9.06. The molecule has 5 aromatic rings. The van der Waals surface area contributed by atoms with Gasteiger partial charge in [-0.3, -0.25) is 0 Å². The zero-order valence-electron chi connectivity index (χ0n) is 30.6. The van der Waals surface area contributed by atoms with Gasteiger partial charge in [-0.2, -0.15) is 0 Å². The Labute approximate surface area is 319 Å². The van der Waals surface area contributed by atoms with Crippen LogP contribution in [-0.2, 0) is 0 Å². The van der Waals surface area contributed by atoms with Gasteiger partial charge in [-0.05, 0) is 110 Å². The minimum atomic E-state index is -0.0603. The Morgan fingerprint density at radius 3 is 2.25 bits per heavy atom. The highest BCUT2D eigenvalue weighted by Crippen LogP contribution is 2.54. The summed E-state index contributed by atoms with van der Waals surface area (Å²) in [6, 6.07) is 44.6. The second kappa shape index (κ2) is 13.9. The quantitative estimate of drug-likeness (QED) is 0.162. The lowest BCUT2D eigenvalue weighted by Crippen LogP contribution is -2.35. The number of rotatable bonds is 6. The molecule has 1 heterocycles. The van der Waals surface area contributed by atoms with Crippen molar-refractivity contribution in [1.29, 1.82) is 0 Å². The lowest BCUT2D eigenvalue weighted by molar-refractivity contribution is 0.567. The molecule has 0 bridgehead atoms. The molecule has 0 aromatic heterocycles. The highest BCUT2D eigenvalue weighted by atomic mass is 32.2. The number of fused-ring (bicyclic) bond motifs is 3. The van der Waals surface area contributed by atoms with E-state index in [1.165, 1.54) is 77.2 Å². The third-order valence-electron chi connectivity index (χ3n) is 11.8. The molecular formula is C51H45NS. The van der Waals surface area contributed by atoms with Crippen molar-refractivity contribution in [2.75, 3.05) is 10.7 Å². The van der Waals surface area contributed by atoms with Gasteiger partial charge >= 0.3 is 0 Å². The first-order valence-corrected chi connectivity index (χ1v) is 20.0. The predicted molar refractivity (Wildman–Crippen MR) is 228 cm³/mol. The zero-order valence-corrected chi connectivity index (χ0v) is 31.5. The molecule has 0 N–H and O–H groups in total. The fraction of sp³-hybridized carbons (Fsp3) is 0.176. The Morgan fingerprint density at radius 1 is 0.679 bits per heavy atom. The van der Waals surface area contributed by atoms with Crippen molar-refractivity contribution in [1.82, 2.24) is 0 Å². The van der Waals surface area contributed by atoms with Gasteiger partial charge in [0, 0.05) is 33.4 Å². The number of anilines is 1. The summed E-state index contributed by atoms with van der Waals surface area (Å²) >= 11 is 1.98. The second-order valence-corrected chi connectivity index (χ2v) is 16.2. The van der Waals surface area contributed by atoms with E-state index in [4.69, 9.17) is 0 Å². The molecule has 5 aromatic carbocycles. The lowest BCUT2D eigenvalue weighted by Gasteiger charge is -2.38. The van der Waals surface area contributed by atoms with Crippen molar-refractivity contribution in [3.05, 3.63) is 210 Å². The summed E-state index contributed by atoms with van der Waals surface area (Å²) in [5.74, 6) is 1.17. The molecule has 0 amide bonds. The molecule has 2 unspecified atom stereocenters. The number of nitrogens with zero attached hydrogens (tertiary/aromatic N) is 1. The summed E-state index contributed by atoms with van der Waals surface area (Å²) in [5.41, 5.74) is 15.1. The average molecular weight is 704 g/mol. The van der Waals surface area contributed by atoms with E-state index >= 15 is 0 Å². The summed E-state index contributed by atoms with van der Waals surface area (Å²) in [7, 11) is 0. The molecule has 0 saturated carbocycles. The van der Waals surface area contributed by atoms with Crippen LogP contribution in [0.1, 0.15) is 50.2 Å². The number of benzene rings is 5. The molecule has 0 fully saturated rings. The van der Waals surface area contributed by atoms with Crippen LogP contribution in [0.25, 0.3) is 27.5 Å². The molecule has 260 valence electrons. The lowest BCUT2D eigenvalue weighted by atomic mass is 9.77. The summed E-state index contributed by atoms with van der Waals surface area (Å²) in [5, 5.41) is 2.55. The maximum atomic E-state index is 4.23. The summed E-state index contributed by atoms with van der Waals surface area (Å²) in [6.07, 6.45) is 19.6. The van der Waals surface area contributed by atoms with Crippen LogP contribution in [0.4, 0.5) is 5.69 Å². The minimum Gasteiger partial charge on any atom is -0.338 e. The standard InChI is InChI=1S/C51H45NS/c1-4-35-24-29-49-47(34-53-50-20-11-10-19-45(35)50)46-33-44(28-30-48(46)51(49,2)3)52(43-27-23-37-15-8-9-16-41(37)32-43)42-25-21-38(22-26-42)40-18-12-17-39(31-40)36-13-6-5-7-14-36/h4-21,23-25,27-32,35,44H,1,22,26,33-34H2,2-3H3/b29-24-. The molecule has 0 spiro atoms. The molecule has 0 saturated heterocycles. The molecular weight excluding hydrogens is 659 g/mol. The van der Waals surface area contributed by atoms with Crippen molar-refractivity contribution in [2.24, 2.45) is 5.41 Å². The maximum absolute atomic E-state index is 4.23. The number of hydrogen-bond acceptors (Lipinski definition) is 2. The summed E-state index contributed by atoms with van der Waals surface area (Å²) < 4.78 is 0. The molecule has 4 aliphatic rings. The third kappa shape index (κ3) is 6.19. The third-order valence-corrected chi connectivity index (χ3v) is 12.9. The minimum absolute atomic E-state index is 0.0603. The molecule has 2 atom stereocenters. The molecule has 3 aliphatic carbocycles. The van der Waals surface area contributed by atoms with Gasteiger partial charge in [-0.1, -0.05) is 147 Å². The van der Waals surface area contributed by atoms with Crippen LogP contribution in [0.15, 0.2) is 203 Å². The monoisotopic (exact) mass is 703 g/mol. The van der Waals surface area contributed by atoms with Crippen molar-refractivity contribution in [3.63, 3.8) is 0 Å². The Balaban J connectivity index is 1.09. The van der Waals surface area contributed by atoms with Crippen LogP contribution < -0.4 is 4.90 Å². The van der Waals surface area contributed by atoms with E-state index in [2.05, 4.69) is 189 Å². The van der Waals surface area contributed by atoms with Gasteiger partial charge in [-0.15, -0.1) is 18.3 Å². The number of thioether (sulfide) groups is 1. The van der Waals surface area contributed by atoms with E-state index in [1.807, 2.05) is 11.8 Å². The average Bonchev–Trinajstić information content (AvgIpc) is 3.46. The molecule has 1 nitrogen and oxygen atoms in total. The van der Waals surface area contributed by atoms with Gasteiger partial charge in [0.2, 0.25) is 0 Å². The van der Waals surface area contributed by atoms with Gasteiger partial charge in [0.1, 0.15) is 0 Å². The normalized spacial score (nSPS) is 21.0. The Morgan fingerprint density at radius 2 is 1.42 bits per heavy atom. The highest BCUT2D eigenvalue weighted by Gasteiger charge is 2.41. The Bertz CT molecular complexity index is 2430. The first kappa shape index (κ1) is 33.5. The smallest absolute Gasteiger partial charge is 0.0562 e. The molecule has 0 radical (unpaired) electrons. The van der Waals surface area contributed by atoms with E-state index < -0.39 is 0 Å². The van der Waals surface area contributed by atoms with E-state index in [0.717, 1.165) is 25.0 Å². The van der Waals surface area contributed by atoms with Crippen molar-refractivity contribution < 1.29 is 0 Å². The van der Waals surface area contributed by atoms with Gasteiger partial charge < -0.3 is 4.90 Å². The first-order chi connectivity index (χ1) is 26.0. The van der Waals surface area contributed by atoms with E-state index in [0.29, 0.717) is 0 Å². The number of hydrogen-bond donors (Lipinski definition) is 0. The van der Waals surface area contributed by atoms with E-state index in [1.54, 1.807) is 0 Å². The van der Waals surface area contributed by atoms with E-state index in [9.17, 15) is 0 Å². The molecule has 2 heteroatoms. The largest absolute Gasteiger partial charge is 0.338 e. The van der Waals surface area contributed by atoms with Gasteiger partial charge in [0.15, 0.2) is 0 Å². The predicted octanol–water partition coefficient (Wildman–Crippen LogP) is 13.7. The SMILES string of the molecule is C=CC1/C=C\C2=C(CSc3ccccc31)C1=C(C=CC(N(C3=CC=C(c4cccc(-c5ccccc5)c4)CC3)c3ccc4ccccc4c3)C1)C2(C)C. The van der Waals surface area contributed by atoms with Crippen LogP contribution in [-0.4, -0.2) is 11.8 Å². The maximum Gasteiger partial charge on any atom is 0.0562 e. The van der Waals surface area contributed by atoms with Crippen molar-refractivity contribution >= 4 is 33.8 Å². The molecule has 1 aliphatic heterocycles. The van der Waals surface area contributed by atoms with Crippen LogP contribution in [0.3, 0.4) is 0 Å². The van der Waals surface area contributed by atoms with Crippen LogP contribution >= 0.6 is 11.8 Å². The van der Waals surface area contributed by atoms with Crippen LogP contribution in [0.2, 0.25) is 0 Å². The van der Waals surface area contributed by atoms with Crippen molar-refractivity contribution in [2.45, 2.75) is 50.0 Å². The Hall–Kier alpha value is -5.31. The second-order valence-electron chi connectivity index (χ2n) is 15.2. The van der Waals surface area contributed by atoms with Crippen LogP contribution in [0, 0.1) is 5.41 Å². The van der Waals surface area contributed by atoms with E-state index in [-0.39, 0.29) is 17.4 Å². The molecule has 9 rings (SSSR count). The number of allylic oxidation sites excluding steroid dienone is 10. The van der Waals surface area contributed by atoms with Gasteiger partial charge in [-0.25, -0.2) is 0 Å². The van der Waals surface area contributed by atoms with Gasteiger partial charge in [0.25, 0.3) is 0 Å². The fourth-order valence-electron chi connectivity index (χ4n) is 8.94.